The van der Waals surface area contributed by atoms with Gasteiger partial charge in [0.25, 0.3) is 0 Å². The average Bonchev–Trinajstić information content (AvgIpc) is 2.49. The van der Waals surface area contributed by atoms with Gasteiger partial charge in [0.15, 0.2) is 0 Å². The standard InChI is InChI=1S/C13H15N/c1-4-12-10-8-6-7-9-11(10)13(5-2)14(12)3/h4,6-9H,1,5H2,2-3H3. The average molecular weight is 185 g/mol. The molecule has 0 bridgehead atoms. The highest BCUT2D eigenvalue weighted by molar-refractivity contribution is 5.92. The van der Waals surface area contributed by atoms with Crippen LogP contribution in [0.3, 0.4) is 0 Å². The van der Waals surface area contributed by atoms with Crippen molar-refractivity contribution >= 4 is 16.8 Å². The van der Waals surface area contributed by atoms with E-state index < -0.39 is 0 Å². The van der Waals surface area contributed by atoms with Gasteiger partial charge in [0.1, 0.15) is 0 Å². The van der Waals surface area contributed by atoms with Crippen LogP contribution < -0.4 is 0 Å². The fraction of sp³-hybridized carbons (Fsp3) is 0.231. The Bertz CT molecular complexity index is 477. The number of aryl methyl sites for hydroxylation is 1. The third-order valence-corrected chi connectivity index (χ3v) is 2.81. The van der Waals surface area contributed by atoms with Crippen molar-refractivity contribution in [3.8, 4) is 0 Å². The van der Waals surface area contributed by atoms with E-state index in [1.807, 2.05) is 6.08 Å². The zero-order valence-electron chi connectivity index (χ0n) is 8.75. The van der Waals surface area contributed by atoms with Gasteiger partial charge in [-0.05, 0) is 12.5 Å². The SMILES string of the molecule is C=Cc1c2ccccc2c(CC)n1C. The molecule has 1 nitrogen and oxygen atoms in total. The molecule has 0 aliphatic carbocycles. The zero-order valence-corrected chi connectivity index (χ0v) is 8.75. The molecule has 0 aliphatic heterocycles. The third-order valence-electron chi connectivity index (χ3n) is 2.81. The van der Waals surface area contributed by atoms with Crippen LogP contribution in [0.25, 0.3) is 16.8 Å². The van der Waals surface area contributed by atoms with Gasteiger partial charge in [-0.3, -0.25) is 0 Å². The summed E-state index contributed by atoms with van der Waals surface area (Å²) in [4.78, 5) is 0. The monoisotopic (exact) mass is 185 g/mol. The number of aromatic nitrogens is 1. The molecule has 0 saturated carbocycles. The number of nitrogens with zero attached hydrogens (tertiary/aromatic N) is 1. The first-order valence-electron chi connectivity index (χ1n) is 4.98. The second kappa shape index (κ2) is 3.33. The van der Waals surface area contributed by atoms with Crippen molar-refractivity contribution in [2.24, 2.45) is 7.05 Å². The third kappa shape index (κ3) is 1.09. The molecule has 0 amide bonds. The first kappa shape index (κ1) is 9.07. The highest BCUT2D eigenvalue weighted by Crippen LogP contribution is 2.26. The first-order chi connectivity index (χ1) is 6.79. The quantitative estimate of drug-likeness (QED) is 0.676. The van der Waals surface area contributed by atoms with E-state index in [4.69, 9.17) is 0 Å². The van der Waals surface area contributed by atoms with E-state index >= 15 is 0 Å². The summed E-state index contributed by atoms with van der Waals surface area (Å²) in [5.74, 6) is 0. The van der Waals surface area contributed by atoms with Crippen LogP contribution in [0.5, 0.6) is 0 Å². The summed E-state index contributed by atoms with van der Waals surface area (Å²) in [6, 6.07) is 8.51. The minimum atomic E-state index is 1.06. The Labute approximate surface area is 84.7 Å². The van der Waals surface area contributed by atoms with Crippen LogP contribution in [-0.2, 0) is 13.5 Å². The van der Waals surface area contributed by atoms with Crippen LogP contribution in [-0.4, -0.2) is 4.57 Å². The molecule has 0 spiro atoms. The van der Waals surface area contributed by atoms with Gasteiger partial charge in [0.2, 0.25) is 0 Å². The summed E-state index contributed by atoms with van der Waals surface area (Å²) >= 11 is 0. The molecule has 1 heterocycles. The Morgan fingerprint density at radius 2 is 1.93 bits per heavy atom. The topological polar surface area (TPSA) is 4.93 Å². The van der Waals surface area contributed by atoms with Crippen LogP contribution in [0.1, 0.15) is 18.3 Å². The fourth-order valence-electron chi connectivity index (χ4n) is 2.14. The summed E-state index contributed by atoms with van der Waals surface area (Å²) in [5, 5.41) is 2.66. The lowest BCUT2D eigenvalue weighted by Gasteiger charge is -2.01. The Balaban J connectivity index is 2.91. The van der Waals surface area contributed by atoms with Crippen molar-refractivity contribution in [3.05, 3.63) is 42.2 Å². The van der Waals surface area contributed by atoms with Crippen molar-refractivity contribution in [1.82, 2.24) is 4.57 Å². The summed E-state index contributed by atoms with van der Waals surface area (Å²) < 4.78 is 2.23. The number of hydrogen-bond donors (Lipinski definition) is 0. The van der Waals surface area contributed by atoms with E-state index in [-0.39, 0.29) is 0 Å². The van der Waals surface area contributed by atoms with Crippen molar-refractivity contribution in [1.29, 1.82) is 0 Å². The second-order valence-corrected chi connectivity index (χ2v) is 3.49. The molecule has 0 unspecified atom stereocenters. The molecule has 1 aromatic heterocycles. The van der Waals surface area contributed by atoms with Crippen molar-refractivity contribution in [2.45, 2.75) is 13.3 Å². The summed E-state index contributed by atoms with van der Waals surface area (Å²) in [6.45, 7) is 6.06. The van der Waals surface area contributed by atoms with Gasteiger partial charge in [-0.25, -0.2) is 0 Å². The molecule has 2 rings (SSSR count). The van der Waals surface area contributed by atoms with Crippen LogP contribution >= 0.6 is 0 Å². The van der Waals surface area contributed by atoms with Crippen LogP contribution in [0.15, 0.2) is 30.8 Å². The molecule has 72 valence electrons. The minimum Gasteiger partial charge on any atom is -0.347 e. The highest BCUT2D eigenvalue weighted by Gasteiger charge is 2.09. The maximum atomic E-state index is 3.87. The molecule has 0 radical (unpaired) electrons. The number of hydrogen-bond acceptors (Lipinski definition) is 0. The largest absolute Gasteiger partial charge is 0.347 e. The molecule has 0 N–H and O–H groups in total. The van der Waals surface area contributed by atoms with Gasteiger partial charge in [-0.1, -0.05) is 37.8 Å². The first-order valence-corrected chi connectivity index (χ1v) is 4.98. The summed E-state index contributed by atoms with van der Waals surface area (Å²) in [5.41, 5.74) is 2.60. The molecule has 0 saturated heterocycles. The van der Waals surface area contributed by atoms with Crippen LogP contribution in [0, 0.1) is 0 Å². The molecule has 2 aromatic rings. The van der Waals surface area contributed by atoms with Crippen LogP contribution in [0.4, 0.5) is 0 Å². The van der Waals surface area contributed by atoms with E-state index in [2.05, 4.69) is 49.4 Å². The van der Waals surface area contributed by atoms with E-state index in [1.165, 1.54) is 22.2 Å². The zero-order chi connectivity index (χ0) is 10.1. The predicted octanol–water partition coefficient (Wildman–Crippen LogP) is 3.38. The van der Waals surface area contributed by atoms with E-state index in [9.17, 15) is 0 Å². The van der Waals surface area contributed by atoms with E-state index in [1.54, 1.807) is 0 Å². The van der Waals surface area contributed by atoms with Gasteiger partial charge in [0.05, 0.1) is 0 Å². The van der Waals surface area contributed by atoms with Gasteiger partial charge in [-0.15, -0.1) is 0 Å². The van der Waals surface area contributed by atoms with E-state index in [0.717, 1.165) is 6.42 Å². The Morgan fingerprint density at radius 1 is 1.29 bits per heavy atom. The summed E-state index contributed by atoms with van der Waals surface area (Å²) in [6.07, 6.45) is 2.99. The molecule has 0 atom stereocenters. The smallest absolute Gasteiger partial charge is 0.0480 e. The van der Waals surface area contributed by atoms with Crippen molar-refractivity contribution < 1.29 is 0 Å². The molecule has 0 fully saturated rings. The maximum Gasteiger partial charge on any atom is 0.0480 e. The van der Waals surface area contributed by atoms with Crippen LogP contribution in [0.2, 0.25) is 0 Å². The number of benzene rings is 1. The van der Waals surface area contributed by atoms with Crippen molar-refractivity contribution in [3.63, 3.8) is 0 Å². The molecule has 0 aliphatic rings. The molecular formula is C13H15N. The summed E-state index contributed by atoms with van der Waals surface area (Å²) in [7, 11) is 2.11. The van der Waals surface area contributed by atoms with E-state index in [0.29, 0.717) is 0 Å². The Kier molecular flexibility index (Phi) is 2.16. The van der Waals surface area contributed by atoms with Gasteiger partial charge >= 0.3 is 0 Å². The number of fused-ring (bicyclic) bond motifs is 1. The fourth-order valence-corrected chi connectivity index (χ4v) is 2.14. The van der Waals surface area contributed by atoms with Crippen molar-refractivity contribution in [2.75, 3.05) is 0 Å². The lowest BCUT2D eigenvalue weighted by atomic mass is 10.1. The number of rotatable bonds is 2. The Morgan fingerprint density at radius 3 is 2.50 bits per heavy atom. The second-order valence-electron chi connectivity index (χ2n) is 3.49. The van der Waals surface area contributed by atoms with Gasteiger partial charge in [-0.2, -0.15) is 0 Å². The molecule has 1 aromatic carbocycles. The Hall–Kier alpha value is -1.50. The molecule has 14 heavy (non-hydrogen) atoms. The highest BCUT2D eigenvalue weighted by atomic mass is 15.0. The minimum absolute atomic E-state index is 1.06. The molecule has 1 heteroatoms. The lowest BCUT2D eigenvalue weighted by Crippen LogP contribution is -1.96. The predicted molar refractivity (Wildman–Crippen MR) is 62.4 cm³/mol. The van der Waals surface area contributed by atoms with Gasteiger partial charge < -0.3 is 4.57 Å². The normalized spacial score (nSPS) is 10.7. The molecular weight excluding hydrogens is 170 g/mol. The lowest BCUT2D eigenvalue weighted by molar-refractivity contribution is 0.837. The maximum absolute atomic E-state index is 3.87. The van der Waals surface area contributed by atoms with Gasteiger partial charge in [0, 0.05) is 29.2 Å².